The molecule has 3 aromatic rings. The highest BCUT2D eigenvalue weighted by Crippen LogP contribution is 2.29. The van der Waals surface area contributed by atoms with Gasteiger partial charge in [0.25, 0.3) is 5.91 Å². The van der Waals surface area contributed by atoms with E-state index in [1.165, 1.54) is 18.3 Å². The third-order valence-electron chi connectivity index (χ3n) is 6.86. The van der Waals surface area contributed by atoms with Crippen molar-refractivity contribution < 1.29 is 18.0 Å². The molecule has 5 rings (SSSR count). The second kappa shape index (κ2) is 10.7. The van der Waals surface area contributed by atoms with Gasteiger partial charge < -0.3 is 20.9 Å². The Morgan fingerprint density at radius 1 is 1.13 bits per heavy atom. The highest BCUT2D eigenvalue weighted by Gasteiger charge is 2.37. The number of benzene rings is 2. The van der Waals surface area contributed by atoms with Crippen molar-refractivity contribution in [1.82, 2.24) is 14.9 Å². The van der Waals surface area contributed by atoms with Crippen LogP contribution in [-0.4, -0.2) is 73.7 Å². The van der Waals surface area contributed by atoms with Gasteiger partial charge in [-0.05, 0) is 55.3 Å². The van der Waals surface area contributed by atoms with Crippen LogP contribution in [0.3, 0.4) is 0 Å². The van der Waals surface area contributed by atoms with Gasteiger partial charge in [0, 0.05) is 48.8 Å². The van der Waals surface area contributed by atoms with Crippen molar-refractivity contribution >= 4 is 56.4 Å². The Labute approximate surface area is 231 Å². The van der Waals surface area contributed by atoms with Crippen LogP contribution in [-0.2, 0) is 9.84 Å². The van der Waals surface area contributed by atoms with E-state index in [2.05, 4.69) is 15.3 Å². The predicted octanol–water partition coefficient (Wildman–Crippen LogP) is 3.29. The zero-order valence-electron chi connectivity index (χ0n) is 21.2. The van der Waals surface area contributed by atoms with Crippen LogP contribution in [0.5, 0.6) is 0 Å². The quantitative estimate of drug-likeness (QED) is 0.441. The van der Waals surface area contributed by atoms with Gasteiger partial charge in [0.2, 0.25) is 0 Å². The van der Waals surface area contributed by atoms with Crippen LogP contribution in [0.1, 0.15) is 23.3 Å². The van der Waals surface area contributed by atoms with Crippen LogP contribution in [0.4, 0.5) is 27.8 Å². The second-order valence-electron chi connectivity index (χ2n) is 9.56. The molecule has 204 valence electrons. The fourth-order valence-electron chi connectivity index (χ4n) is 4.92. The smallest absolute Gasteiger partial charge is 0.324 e. The molecule has 1 atom stereocenters. The van der Waals surface area contributed by atoms with E-state index in [0.717, 1.165) is 24.8 Å². The summed E-state index contributed by atoms with van der Waals surface area (Å²) in [4.78, 5) is 40.1. The van der Waals surface area contributed by atoms with E-state index in [9.17, 15) is 18.0 Å². The lowest BCUT2D eigenvalue weighted by atomic mass is 10.0. The molecule has 39 heavy (non-hydrogen) atoms. The number of nitrogens with one attached hydrogen (secondary N) is 1. The Bertz CT molecular complexity index is 1520. The minimum absolute atomic E-state index is 0.0204. The van der Waals surface area contributed by atoms with E-state index in [1.807, 2.05) is 21.9 Å². The molecule has 0 radical (unpaired) electrons. The van der Waals surface area contributed by atoms with E-state index in [1.54, 1.807) is 29.2 Å². The van der Waals surface area contributed by atoms with Gasteiger partial charge in [0.15, 0.2) is 21.3 Å². The van der Waals surface area contributed by atoms with Crippen LogP contribution >= 0.6 is 11.6 Å². The van der Waals surface area contributed by atoms with E-state index >= 15 is 0 Å². The van der Waals surface area contributed by atoms with E-state index < -0.39 is 15.7 Å². The lowest BCUT2D eigenvalue weighted by Crippen LogP contribution is -2.49. The second-order valence-corrected chi connectivity index (χ2v) is 12.0. The monoisotopic (exact) mass is 569 g/mol. The molecule has 2 aromatic carbocycles. The number of urea groups is 1. The molecule has 3 N–H and O–H groups in total. The molecular formula is C26H28ClN7O4S. The van der Waals surface area contributed by atoms with E-state index in [0.29, 0.717) is 42.7 Å². The van der Waals surface area contributed by atoms with Crippen LogP contribution in [0, 0.1) is 0 Å². The van der Waals surface area contributed by atoms with Crippen molar-refractivity contribution in [2.24, 2.45) is 5.73 Å². The molecule has 0 bridgehead atoms. The number of halogens is 1. The number of amides is 3. The van der Waals surface area contributed by atoms with Gasteiger partial charge in [-0.2, -0.15) is 0 Å². The van der Waals surface area contributed by atoms with Crippen LogP contribution in [0.25, 0.3) is 0 Å². The number of carbonyl (C=O) groups is 2. The Hall–Kier alpha value is -3.90. The maximum Gasteiger partial charge on any atom is 0.324 e. The first-order chi connectivity index (χ1) is 18.6. The molecule has 0 spiro atoms. The van der Waals surface area contributed by atoms with Gasteiger partial charge in [-0.1, -0.05) is 17.7 Å². The molecule has 1 aromatic heterocycles. The first-order valence-electron chi connectivity index (χ1n) is 12.4. The molecule has 2 aliphatic heterocycles. The van der Waals surface area contributed by atoms with Crippen LogP contribution in [0.2, 0.25) is 5.02 Å². The molecule has 0 aliphatic carbocycles. The Morgan fingerprint density at radius 3 is 2.59 bits per heavy atom. The average Bonchev–Trinajstić information content (AvgIpc) is 3.29. The molecule has 3 heterocycles. The normalized spacial score (nSPS) is 17.9. The SMILES string of the molecule is CS(=O)(=O)c1ccc(Nc2nc(N3CCCC(N4CCN(c5cccc(Cl)c5)C4=O)C3)cnc2C(N)=O)cc1. The number of anilines is 4. The number of aromatic nitrogens is 2. The molecule has 13 heteroatoms. The number of primary amides is 1. The van der Waals surface area contributed by atoms with Crippen molar-refractivity contribution in [3.63, 3.8) is 0 Å². The summed E-state index contributed by atoms with van der Waals surface area (Å²) in [6.45, 7) is 2.45. The molecule has 0 saturated carbocycles. The number of sulfone groups is 1. The predicted molar refractivity (Wildman–Crippen MR) is 150 cm³/mol. The van der Waals surface area contributed by atoms with Gasteiger partial charge in [0.05, 0.1) is 17.1 Å². The zero-order chi connectivity index (χ0) is 27.7. The highest BCUT2D eigenvalue weighted by atomic mass is 35.5. The van der Waals surface area contributed by atoms with E-state index in [-0.39, 0.29) is 28.5 Å². The number of piperidine rings is 1. The standard InChI is InChI=1S/C26H28ClN7O4S/c1-39(37,38)21-9-7-18(8-10-21)30-25-23(24(28)35)29-15-22(31-25)32-11-3-6-20(16-32)34-13-12-33(26(34)36)19-5-2-4-17(27)14-19/h2,4-5,7-10,14-15,20H,3,6,11-13,16H2,1H3,(H2,28,35)(H,30,31). The van der Waals surface area contributed by atoms with Crippen molar-refractivity contribution in [2.45, 2.75) is 23.8 Å². The van der Waals surface area contributed by atoms with Gasteiger partial charge in [-0.25, -0.2) is 23.2 Å². The summed E-state index contributed by atoms with van der Waals surface area (Å²) >= 11 is 6.13. The topological polar surface area (TPSA) is 142 Å². The minimum Gasteiger partial charge on any atom is -0.364 e. The van der Waals surface area contributed by atoms with Crippen molar-refractivity contribution in [2.75, 3.05) is 47.6 Å². The molecule has 1 unspecified atom stereocenters. The largest absolute Gasteiger partial charge is 0.364 e. The number of nitrogens with two attached hydrogens (primary N) is 1. The molecule has 2 fully saturated rings. The molecule has 3 amide bonds. The maximum atomic E-state index is 13.3. The Morgan fingerprint density at radius 2 is 1.90 bits per heavy atom. The molecule has 11 nitrogen and oxygen atoms in total. The summed E-state index contributed by atoms with van der Waals surface area (Å²) in [5, 5.41) is 3.62. The summed E-state index contributed by atoms with van der Waals surface area (Å²) in [5.74, 6) is -0.0403. The van der Waals surface area contributed by atoms with Gasteiger partial charge in [0.1, 0.15) is 5.82 Å². The van der Waals surface area contributed by atoms with Crippen LogP contribution < -0.4 is 20.9 Å². The summed E-state index contributed by atoms with van der Waals surface area (Å²) < 4.78 is 23.5. The number of hydrogen-bond donors (Lipinski definition) is 2. The van der Waals surface area contributed by atoms with Crippen molar-refractivity contribution in [1.29, 1.82) is 0 Å². The van der Waals surface area contributed by atoms with Crippen LogP contribution in [0.15, 0.2) is 59.6 Å². The number of hydrogen-bond acceptors (Lipinski definition) is 8. The summed E-state index contributed by atoms with van der Waals surface area (Å²) in [5.41, 5.74) is 6.80. The van der Waals surface area contributed by atoms with Crippen molar-refractivity contribution in [3.8, 4) is 0 Å². The first-order valence-corrected chi connectivity index (χ1v) is 14.7. The maximum absolute atomic E-state index is 13.3. The zero-order valence-corrected chi connectivity index (χ0v) is 22.8. The molecular weight excluding hydrogens is 542 g/mol. The summed E-state index contributed by atoms with van der Waals surface area (Å²) in [7, 11) is -3.35. The number of rotatable bonds is 7. The summed E-state index contributed by atoms with van der Waals surface area (Å²) in [6, 6.07) is 13.3. The Balaban J connectivity index is 1.34. The minimum atomic E-state index is -3.35. The van der Waals surface area contributed by atoms with Gasteiger partial charge in [-0.3, -0.25) is 9.69 Å². The number of nitrogens with zero attached hydrogens (tertiary/aromatic N) is 5. The highest BCUT2D eigenvalue weighted by molar-refractivity contribution is 7.90. The van der Waals surface area contributed by atoms with E-state index in [4.69, 9.17) is 17.3 Å². The fraction of sp³-hybridized carbons (Fsp3) is 0.308. The molecule has 2 saturated heterocycles. The first kappa shape index (κ1) is 26.7. The third-order valence-corrected chi connectivity index (χ3v) is 8.22. The Kier molecular flexibility index (Phi) is 7.32. The van der Waals surface area contributed by atoms with Gasteiger partial charge >= 0.3 is 6.03 Å². The lowest BCUT2D eigenvalue weighted by Gasteiger charge is -2.38. The number of carbonyl (C=O) groups excluding carboxylic acids is 2. The molecule has 2 aliphatic rings. The van der Waals surface area contributed by atoms with Gasteiger partial charge in [-0.15, -0.1) is 0 Å². The average molecular weight is 570 g/mol. The third kappa shape index (κ3) is 5.76. The van der Waals surface area contributed by atoms with Crippen molar-refractivity contribution in [3.05, 3.63) is 65.4 Å². The summed E-state index contributed by atoms with van der Waals surface area (Å²) in [6.07, 6.45) is 4.34. The fourth-order valence-corrected chi connectivity index (χ4v) is 5.73. The lowest BCUT2D eigenvalue weighted by molar-refractivity contribution is 0.0996.